The number of aliphatic hydroxyl groups excluding tert-OH is 1. The molecule has 0 radical (unpaired) electrons. The fourth-order valence-electron chi connectivity index (χ4n) is 2.64. The molecule has 1 heterocycles. The van der Waals surface area contributed by atoms with Crippen molar-refractivity contribution in [3.63, 3.8) is 0 Å². The van der Waals surface area contributed by atoms with Gasteiger partial charge in [0.1, 0.15) is 5.82 Å². The molecule has 0 amide bonds. The predicted octanol–water partition coefficient (Wildman–Crippen LogP) is 3.25. The van der Waals surface area contributed by atoms with Crippen LogP contribution in [0.15, 0.2) is 10.7 Å². The highest BCUT2D eigenvalue weighted by Gasteiger charge is 2.35. The van der Waals surface area contributed by atoms with Crippen molar-refractivity contribution in [3.8, 4) is 0 Å². The molecule has 1 aliphatic rings. The van der Waals surface area contributed by atoms with Crippen molar-refractivity contribution in [2.45, 2.75) is 38.1 Å². The lowest BCUT2D eigenvalue weighted by Gasteiger charge is -2.40. The number of halogens is 2. The minimum absolute atomic E-state index is 0.103. The van der Waals surface area contributed by atoms with E-state index in [1.807, 2.05) is 0 Å². The van der Waals surface area contributed by atoms with Crippen molar-refractivity contribution >= 4 is 33.3 Å². The van der Waals surface area contributed by atoms with Gasteiger partial charge in [0.15, 0.2) is 0 Å². The molecule has 1 fully saturated rings. The Balaban J connectivity index is 2.21. The summed E-state index contributed by atoms with van der Waals surface area (Å²) in [5.41, 5.74) is -0.294. The van der Waals surface area contributed by atoms with Gasteiger partial charge in [-0.25, -0.2) is 4.98 Å². The molecule has 2 N–H and O–H groups in total. The van der Waals surface area contributed by atoms with E-state index in [-0.39, 0.29) is 17.4 Å². The first kappa shape index (κ1) is 14.0. The normalized spacial score (nSPS) is 28.1. The number of aliphatic hydroxyl groups is 1. The van der Waals surface area contributed by atoms with E-state index in [0.717, 1.165) is 23.7 Å². The molecule has 0 saturated heterocycles. The van der Waals surface area contributed by atoms with E-state index in [9.17, 15) is 5.11 Å². The highest BCUT2D eigenvalue weighted by molar-refractivity contribution is 9.10. The lowest BCUT2D eigenvalue weighted by molar-refractivity contribution is 0.149. The van der Waals surface area contributed by atoms with Gasteiger partial charge in [-0.05, 0) is 46.3 Å². The third-order valence-electron chi connectivity index (χ3n) is 3.49. The molecule has 2 unspecified atom stereocenters. The highest BCUT2D eigenvalue weighted by atomic mass is 79.9. The Hall–Kier alpha value is -0.390. The number of anilines is 1. The first-order valence-corrected chi connectivity index (χ1v) is 7.29. The SMILES string of the molecule is CC1CCCC(CO)(Nc2nc(Cl)ncc2Br)C1. The molecule has 2 atom stereocenters. The van der Waals surface area contributed by atoms with Crippen LogP contribution in [0.4, 0.5) is 5.82 Å². The molecule has 0 aromatic carbocycles. The topological polar surface area (TPSA) is 58.0 Å². The van der Waals surface area contributed by atoms with Crippen LogP contribution in [0.2, 0.25) is 5.28 Å². The van der Waals surface area contributed by atoms with Crippen LogP contribution in [0.3, 0.4) is 0 Å². The molecule has 0 spiro atoms. The summed E-state index contributed by atoms with van der Waals surface area (Å²) in [5.74, 6) is 1.26. The summed E-state index contributed by atoms with van der Waals surface area (Å²) in [6.45, 7) is 2.32. The smallest absolute Gasteiger partial charge is 0.224 e. The Kier molecular flexibility index (Phi) is 4.45. The van der Waals surface area contributed by atoms with Gasteiger partial charge in [0.25, 0.3) is 0 Å². The summed E-state index contributed by atoms with van der Waals surface area (Å²) in [6.07, 6.45) is 5.84. The van der Waals surface area contributed by atoms with Gasteiger partial charge < -0.3 is 10.4 Å². The molecular weight excluding hydrogens is 318 g/mol. The van der Waals surface area contributed by atoms with Crippen molar-refractivity contribution in [3.05, 3.63) is 16.0 Å². The Morgan fingerprint density at radius 3 is 3.11 bits per heavy atom. The van der Waals surface area contributed by atoms with Crippen LogP contribution in [0.5, 0.6) is 0 Å². The number of hydrogen-bond donors (Lipinski definition) is 2. The quantitative estimate of drug-likeness (QED) is 0.833. The molecule has 4 nitrogen and oxygen atoms in total. The van der Waals surface area contributed by atoms with Crippen LogP contribution < -0.4 is 5.32 Å². The van der Waals surface area contributed by atoms with Crippen LogP contribution in [0.25, 0.3) is 0 Å². The lowest BCUT2D eigenvalue weighted by Crippen LogP contribution is -2.46. The highest BCUT2D eigenvalue weighted by Crippen LogP contribution is 2.35. The second-order valence-corrected chi connectivity index (χ2v) is 6.29. The second kappa shape index (κ2) is 5.72. The van der Waals surface area contributed by atoms with Crippen LogP contribution in [0.1, 0.15) is 32.6 Å². The Bertz CT molecular complexity index is 432. The van der Waals surface area contributed by atoms with Crippen molar-refractivity contribution in [2.75, 3.05) is 11.9 Å². The van der Waals surface area contributed by atoms with E-state index in [2.05, 4.69) is 38.1 Å². The third kappa shape index (κ3) is 3.13. The molecule has 1 aromatic heterocycles. The monoisotopic (exact) mass is 333 g/mol. The maximum Gasteiger partial charge on any atom is 0.224 e. The van der Waals surface area contributed by atoms with E-state index in [0.29, 0.717) is 11.7 Å². The van der Waals surface area contributed by atoms with Gasteiger partial charge in [-0.3, -0.25) is 0 Å². The standard InChI is InChI=1S/C12H17BrClN3O/c1-8-3-2-4-12(5-8,7-18)17-10-9(13)6-15-11(14)16-10/h6,8,18H,2-5,7H2,1H3,(H,15,16,17). The molecule has 18 heavy (non-hydrogen) atoms. The molecular formula is C12H17BrClN3O. The van der Waals surface area contributed by atoms with Crippen LogP contribution >= 0.6 is 27.5 Å². The first-order valence-electron chi connectivity index (χ1n) is 6.12. The van der Waals surface area contributed by atoms with Gasteiger partial charge in [0, 0.05) is 6.20 Å². The Morgan fingerprint density at radius 1 is 1.67 bits per heavy atom. The minimum atomic E-state index is -0.294. The average molecular weight is 335 g/mol. The van der Waals surface area contributed by atoms with Crippen LogP contribution in [-0.2, 0) is 0 Å². The summed E-state index contributed by atoms with van der Waals surface area (Å²) in [5, 5.41) is 13.3. The molecule has 6 heteroatoms. The molecule has 0 bridgehead atoms. The summed E-state index contributed by atoms with van der Waals surface area (Å²) in [7, 11) is 0. The maximum absolute atomic E-state index is 9.73. The van der Waals surface area contributed by atoms with E-state index in [1.165, 1.54) is 6.42 Å². The number of aromatic nitrogens is 2. The summed E-state index contributed by atoms with van der Waals surface area (Å²) in [6, 6.07) is 0. The van der Waals surface area contributed by atoms with Crippen molar-refractivity contribution < 1.29 is 5.11 Å². The predicted molar refractivity (Wildman–Crippen MR) is 75.8 cm³/mol. The first-order chi connectivity index (χ1) is 8.54. The van der Waals surface area contributed by atoms with E-state index < -0.39 is 0 Å². The van der Waals surface area contributed by atoms with Gasteiger partial charge in [-0.15, -0.1) is 0 Å². The zero-order chi connectivity index (χ0) is 13.2. The van der Waals surface area contributed by atoms with Crippen molar-refractivity contribution in [1.82, 2.24) is 9.97 Å². The molecule has 1 aromatic rings. The minimum Gasteiger partial charge on any atom is -0.394 e. The van der Waals surface area contributed by atoms with E-state index in [4.69, 9.17) is 11.6 Å². The van der Waals surface area contributed by atoms with Crippen molar-refractivity contribution in [2.24, 2.45) is 5.92 Å². The number of nitrogens with zero attached hydrogens (tertiary/aromatic N) is 2. The number of nitrogens with one attached hydrogen (secondary N) is 1. The average Bonchev–Trinajstić information content (AvgIpc) is 2.34. The zero-order valence-corrected chi connectivity index (χ0v) is 12.6. The van der Waals surface area contributed by atoms with Gasteiger partial charge in [-0.1, -0.05) is 19.8 Å². The van der Waals surface area contributed by atoms with Crippen LogP contribution in [-0.4, -0.2) is 27.2 Å². The van der Waals surface area contributed by atoms with Gasteiger partial charge in [0.05, 0.1) is 16.6 Å². The van der Waals surface area contributed by atoms with E-state index in [1.54, 1.807) is 6.20 Å². The Morgan fingerprint density at radius 2 is 2.44 bits per heavy atom. The fraction of sp³-hybridized carbons (Fsp3) is 0.667. The Labute approximate surface area is 120 Å². The summed E-state index contributed by atoms with van der Waals surface area (Å²) < 4.78 is 0.762. The lowest BCUT2D eigenvalue weighted by atomic mass is 9.77. The second-order valence-electron chi connectivity index (χ2n) is 5.10. The van der Waals surface area contributed by atoms with Gasteiger partial charge >= 0.3 is 0 Å². The molecule has 0 aliphatic heterocycles. The van der Waals surface area contributed by atoms with Crippen molar-refractivity contribution in [1.29, 1.82) is 0 Å². The fourth-order valence-corrected chi connectivity index (χ4v) is 3.06. The maximum atomic E-state index is 9.73. The number of rotatable bonds is 3. The number of hydrogen-bond acceptors (Lipinski definition) is 4. The molecule has 1 saturated carbocycles. The van der Waals surface area contributed by atoms with Gasteiger partial charge in [0.2, 0.25) is 5.28 Å². The molecule has 2 rings (SSSR count). The summed E-state index contributed by atoms with van der Waals surface area (Å²) in [4.78, 5) is 8.07. The third-order valence-corrected chi connectivity index (χ3v) is 4.25. The van der Waals surface area contributed by atoms with E-state index >= 15 is 0 Å². The molecule has 1 aliphatic carbocycles. The van der Waals surface area contributed by atoms with Gasteiger partial charge in [-0.2, -0.15) is 4.98 Å². The zero-order valence-electron chi connectivity index (χ0n) is 10.3. The largest absolute Gasteiger partial charge is 0.394 e. The van der Waals surface area contributed by atoms with Crippen LogP contribution in [0, 0.1) is 5.92 Å². The molecule has 100 valence electrons. The summed E-state index contributed by atoms with van der Waals surface area (Å²) >= 11 is 9.20.